The highest BCUT2D eigenvalue weighted by atomic mass is 35.5. The van der Waals surface area contributed by atoms with Gasteiger partial charge in [0.1, 0.15) is 18.5 Å². The van der Waals surface area contributed by atoms with Crippen LogP contribution in [-0.4, -0.2) is 36.4 Å². The fourth-order valence-electron chi connectivity index (χ4n) is 3.29. The molecule has 10 heteroatoms. The molecular weight excluding hydrogens is 487 g/mol. The molecule has 0 spiro atoms. The van der Waals surface area contributed by atoms with Crippen LogP contribution in [0.5, 0.6) is 11.6 Å². The average molecular weight is 507 g/mol. The summed E-state index contributed by atoms with van der Waals surface area (Å²) in [6.07, 6.45) is -1.09. The Labute approximate surface area is 201 Å². The molecule has 0 radical (unpaired) electrons. The molecule has 0 saturated heterocycles. The number of aliphatic hydroxyl groups excluding tert-OH is 1. The van der Waals surface area contributed by atoms with E-state index in [0.717, 1.165) is 9.65 Å². The van der Waals surface area contributed by atoms with E-state index in [1.807, 2.05) is 6.92 Å². The summed E-state index contributed by atoms with van der Waals surface area (Å²) in [4.78, 5) is 0.0906. The first-order valence-corrected chi connectivity index (χ1v) is 12.0. The van der Waals surface area contributed by atoms with Gasteiger partial charge in [0.25, 0.3) is 10.0 Å². The van der Waals surface area contributed by atoms with Crippen LogP contribution in [0.2, 0.25) is 10.0 Å². The molecular formula is C23H20Cl2N2O5S. The molecule has 1 N–H and O–H groups in total. The number of methoxy groups -OCH3 is 1. The molecule has 7 nitrogen and oxygen atoms in total. The number of hydrogen-bond donors (Lipinski definition) is 1. The van der Waals surface area contributed by atoms with Gasteiger partial charge >= 0.3 is 0 Å². The number of aryl methyl sites for hydroxylation is 1. The van der Waals surface area contributed by atoms with Gasteiger partial charge in [-0.2, -0.15) is 8.42 Å². The van der Waals surface area contributed by atoms with Gasteiger partial charge in [0.05, 0.1) is 22.9 Å². The van der Waals surface area contributed by atoms with Crippen LogP contribution in [0, 0.1) is 6.92 Å². The van der Waals surface area contributed by atoms with Crippen LogP contribution in [0.1, 0.15) is 17.2 Å². The van der Waals surface area contributed by atoms with Crippen molar-refractivity contribution in [2.24, 2.45) is 0 Å². The van der Waals surface area contributed by atoms with Crippen molar-refractivity contribution < 1.29 is 23.0 Å². The molecule has 1 atom stereocenters. The Morgan fingerprint density at radius 3 is 2.45 bits per heavy atom. The van der Waals surface area contributed by atoms with Gasteiger partial charge in [-0.1, -0.05) is 47.0 Å². The number of aromatic nitrogens is 2. The Balaban J connectivity index is 1.73. The zero-order valence-electron chi connectivity index (χ0n) is 17.7. The van der Waals surface area contributed by atoms with Gasteiger partial charge in [0.15, 0.2) is 0 Å². The van der Waals surface area contributed by atoms with E-state index in [4.69, 9.17) is 32.7 Å². The van der Waals surface area contributed by atoms with Crippen LogP contribution in [0.25, 0.3) is 10.9 Å². The molecule has 0 aliphatic heterocycles. The van der Waals surface area contributed by atoms with Crippen LogP contribution >= 0.6 is 23.2 Å². The number of rotatable bonds is 7. The van der Waals surface area contributed by atoms with E-state index in [0.29, 0.717) is 27.2 Å². The third kappa shape index (κ3) is 4.65. The number of hydrogen-bond acceptors (Lipinski definition) is 6. The Morgan fingerprint density at radius 1 is 1.06 bits per heavy atom. The number of aliphatic hydroxyl groups is 1. The van der Waals surface area contributed by atoms with Crippen LogP contribution in [0.15, 0.2) is 65.6 Å². The quantitative estimate of drug-likeness (QED) is 0.378. The van der Waals surface area contributed by atoms with E-state index < -0.39 is 16.1 Å². The summed E-state index contributed by atoms with van der Waals surface area (Å²) in [5.74, 6) is 0.532. The molecule has 1 unspecified atom stereocenters. The average Bonchev–Trinajstić information content (AvgIpc) is 3.16. The second kappa shape index (κ2) is 9.23. The zero-order chi connectivity index (χ0) is 23.8. The summed E-state index contributed by atoms with van der Waals surface area (Å²) in [6.45, 7) is 1.66. The molecule has 0 aliphatic rings. The number of ether oxygens (including phenoxy) is 2. The van der Waals surface area contributed by atoms with E-state index in [9.17, 15) is 13.5 Å². The number of halogens is 2. The Kier molecular flexibility index (Phi) is 6.54. The van der Waals surface area contributed by atoms with Gasteiger partial charge in [0.2, 0.25) is 5.88 Å². The van der Waals surface area contributed by atoms with Crippen molar-refractivity contribution in [3.8, 4) is 11.6 Å². The maximum atomic E-state index is 13.3. The van der Waals surface area contributed by atoms with Crippen molar-refractivity contribution in [1.29, 1.82) is 0 Å². The SMILES string of the molecule is COc1ccc2c(c1)c(OCC(O)c1ccc(Cl)cc1Cl)nn2S(=O)(=O)c1ccc(C)cc1. The normalized spacial score (nSPS) is 12.6. The predicted octanol–water partition coefficient (Wildman–Crippen LogP) is 5.01. The summed E-state index contributed by atoms with van der Waals surface area (Å²) in [5, 5.41) is 15.9. The van der Waals surface area contributed by atoms with Crippen LogP contribution < -0.4 is 9.47 Å². The number of benzene rings is 3. The van der Waals surface area contributed by atoms with E-state index in [1.54, 1.807) is 42.5 Å². The number of nitrogens with zero attached hydrogens (tertiary/aromatic N) is 2. The second-order valence-electron chi connectivity index (χ2n) is 7.34. The van der Waals surface area contributed by atoms with E-state index in [2.05, 4.69) is 5.10 Å². The lowest BCUT2D eigenvalue weighted by atomic mass is 10.1. The Morgan fingerprint density at radius 2 is 1.79 bits per heavy atom. The minimum absolute atomic E-state index is 0.0312. The van der Waals surface area contributed by atoms with Crippen molar-refractivity contribution >= 4 is 44.1 Å². The summed E-state index contributed by atoms with van der Waals surface area (Å²) in [6, 6.07) is 16.0. The number of fused-ring (bicyclic) bond motifs is 1. The van der Waals surface area contributed by atoms with Gasteiger partial charge in [0, 0.05) is 15.6 Å². The van der Waals surface area contributed by atoms with Crippen LogP contribution in [-0.2, 0) is 10.0 Å². The largest absolute Gasteiger partial charge is 0.497 e. The predicted molar refractivity (Wildman–Crippen MR) is 127 cm³/mol. The third-order valence-corrected chi connectivity index (χ3v) is 7.23. The van der Waals surface area contributed by atoms with Gasteiger partial charge < -0.3 is 14.6 Å². The third-order valence-electron chi connectivity index (χ3n) is 5.07. The highest BCUT2D eigenvalue weighted by Gasteiger charge is 2.25. The lowest BCUT2D eigenvalue weighted by molar-refractivity contribution is 0.106. The lowest BCUT2D eigenvalue weighted by Gasteiger charge is -2.13. The van der Waals surface area contributed by atoms with Crippen molar-refractivity contribution in [2.45, 2.75) is 17.9 Å². The first-order chi connectivity index (χ1) is 15.7. The molecule has 1 heterocycles. The van der Waals surface area contributed by atoms with Crippen molar-refractivity contribution in [1.82, 2.24) is 9.19 Å². The molecule has 0 amide bonds. The van der Waals surface area contributed by atoms with Crippen LogP contribution in [0.3, 0.4) is 0 Å². The zero-order valence-corrected chi connectivity index (χ0v) is 20.0. The summed E-state index contributed by atoms with van der Waals surface area (Å²) in [7, 11) is -2.50. The Bertz CT molecular complexity index is 1420. The monoisotopic (exact) mass is 506 g/mol. The minimum Gasteiger partial charge on any atom is -0.497 e. The van der Waals surface area contributed by atoms with E-state index >= 15 is 0 Å². The molecule has 4 rings (SSSR count). The van der Waals surface area contributed by atoms with Gasteiger partial charge in [-0.15, -0.1) is 9.19 Å². The van der Waals surface area contributed by atoms with Crippen molar-refractivity contribution in [2.75, 3.05) is 13.7 Å². The van der Waals surface area contributed by atoms with E-state index in [1.165, 1.54) is 25.3 Å². The first-order valence-electron chi connectivity index (χ1n) is 9.85. The minimum atomic E-state index is -4.00. The summed E-state index contributed by atoms with van der Waals surface area (Å²) >= 11 is 12.1. The topological polar surface area (TPSA) is 90.7 Å². The second-order valence-corrected chi connectivity index (χ2v) is 9.95. The van der Waals surface area contributed by atoms with Crippen LogP contribution in [0.4, 0.5) is 0 Å². The molecule has 0 fully saturated rings. The fourth-order valence-corrected chi connectivity index (χ4v) is 5.10. The molecule has 0 aliphatic carbocycles. The Hall–Kier alpha value is -2.78. The molecule has 3 aromatic carbocycles. The lowest BCUT2D eigenvalue weighted by Crippen LogP contribution is -2.15. The molecule has 33 heavy (non-hydrogen) atoms. The standard InChI is InChI=1S/C23H20Cl2N2O5S/c1-14-3-7-17(8-4-14)33(29,30)27-21-10-6-16(31-2)12-19(21)23(26-27)32-13-22(28)18-9-5-15(24)11-20(18)25/h3-12,22,28H,13H2,1-2H3. The fraction of sp³-hybridized carbons (Fsp3) is 0.174. The van der Waals surface area contributed by atoms with Gasteiger partial charge in [-0.3, -0.25) is 0 Å². The van der Waals surface area contributed by atoms with Crippen molar-refractivity contribution in [3.63, 3.8) is 0 Å². The summed E-state index contributed by atoms with van der Waals surface area (Å²) < 4.78 is 38.5. The molecule has 1 aromatic heterocycles. The highest BCUT2D eigenvalue weighted by molar-refractivity contribution is 7.90. The first kappa shape index (κ1) is 23.4. The molecule has 4 aromatic rings. The molecule has 172 valence electrons. The molecule has 0 bridgehead atoms. The van der Waals surface area contributed by atoms with Crippen molar-refractivity contribution in [3.05, 3.63) is 81.8 Å². The van der Waals surface area contributed by atoms with E-state index in [-0.39, 0.29) is 22.4 Å². The van der Waals surface area contributed by atoms with Gasteiger partial charge in [-0.05, 0) is 49.4 Å². The van der Waals surface area contributed by atoms with Gasteiger partial charge in [-0.25, -0.2) is 0 Å². The molecule has 0 saturated carbocycles. The maximum absolute atomic E-state index is 13.3. The maximum Gasteiger partial charge on any atom is 0.283 e. The smallest absolute Gasteiger partial charge is 0.283 e. The summed E-state index contributed by atoms with van der Waals surface area (Å²) in [5.41, 5.74) is 1.67. The highest BCUT2D eigenvalue weighted by Crippen LogP contribution is 2.33.